The van der Waals surface area contributed by atoms with Gasteiger partial charge in [-0.05, 0) is 35.2 Å². The molecular weight excluding hydrogens is 300 g/mol. The van der Waals surface area contributed by atoms with Crippen LogP contribution in [0.15, 0.2) is 61.2 Å². The molecule has 0 saturated heterocycles. The van der Waals surface area contributed by atoms with E-state index in [-0.39, 0.29) is 5.91 Å². The van der Waals surface area contributed by atoms with Gasteiger partial charge in [0.05, 0.1) is 6.54 Å². The SMILES string of the molecule is CC(C)c1ccccc1NC(=O)c1ccc(Cn2cncn2)cc1. The Morgan fingerprint density at radius 3 is 2.54 bits per heavy atom. The Hall–Kier alpha value is -2.95. The second-order valence-corrected chi connectivity index (χ2v) is 5.99. The van der Waals surface area contributed by atoms with Crippen LogP contribution in [0.25, 0.3) is 0 Å². The number of carbonyl (C=O) groups excluding carboxylic acids is 1. The molecular formula is C19H20N4O. The third-order valence-electron chi connectivity index (χ3n) is 3.86. The van der Waals surface area contributed by atoms with E-state index in [1.807, 2.05) is 48.5 Å². The Morgan fingerprint density at radius 1 is 1.12 bits per heavy atom. The molecule has 0 saturated carbocycles. The highest BCUT2D eigenvalue weighted by atomic mass is 16.1. The van der Waals surface area contributed by atoms with Crippen molar-refractivity contribution in [2.75, 3.05) is 5.32 Å². The summed E-state index contributed by atoms with van der Waals surface area (Å²) in [5, 5.41) is 7.08. The topological polar surface area (TPSA) is 59.8 Å². The summed E-state index contributed by atoms with van der Waals surface area (Å²) in [6.07, 6.45) is 3.18. The number of para-hydroxylation sites is 1. The lowest BCUT2D eigenvalue weighted by Crippen LogP contribution is -2.13. The monoisotopic (exact) mass is 320 g/mol. The lowest BCUT2D eigenvalue weighted by atomic mass is 10.0. The molecule has 5 nitrogen and oxygen atoms in total. The molecule has 0 unspecified atom stereocenters. The van der Waals surface area contributed by atoms with Gasteiger partial charge in [-0.2, -0.15) is 5.10 Å². The minimum Gasteiger partial charge on any atom is -0.322 e. The van der Waals surface area contributed by atoms with Gasteiger partial charge < -0.3 is 5.32 Å². The number of anilines is 1. The molecule has 0 radical (unpaired) electrons. The van der Waals surface area contributed by atoms with Gasteiger partial charge in [0.2, 0.25) is 0 Å². The average molecular weight is 320 g/mol. The first kappa shape index (κ1) is 15.9. The summed E-state index contributed by atoms with van der Waals surface area (Å²) in [5.41, 5.74) is 3.70. The first-order chi connectivity index (χ1) is 11.6. The standard InChI is InChI=1S/C19H20N4O/c1-14(2)17-5-3-4-6-18(17)22-19(24)16-9-7-15(8-10-16)11-23-13-20-12-21-23/h3-10,12-14H,11H2,1-2H3,(H,22,24). The van der Waals surface area contributed by atoms with Crippen LogP contribution in [0.5, 0.6) is 0 Å². The molecule has 1 N–H and O–H groups in total. The fraction of sp³-hybridized carbons (Fsp3) is 0.211. The Labute approximate surface area is 141 Å². The van der Waals surface area contributed by atoms with Crippen LogP contribution >= 0.6 is 0 Å². The molecule has 0 fully saturated rings. The molecule has 24 heavy (non-hydrogen) atoms. The van der Waals surface area contributed by atoms with E-state index in [2.05, 4.69) is 29.2 Å². The minimum absolute atomic E-state index is 0.101. The van der Waals surface area contributed by atoms with Crippen LogP contribution in [0.4, 0.5) is 5.69 Å². The molecule has 1 amide bonds. The maximum atomic E-state index is 12.5. The van der Waals surface area contributed by atoms with Crippen LogP contribution in [-0.4, -0.2) is 20.7 Å². The third kappa shape index (κ3) is 3.68. The summed E-state index contributed by atoms with van der Waals surface area (Å²) in [4.78, 5) is 16.4. The van der Waals surface area contributed by atoms with Crippen LogP contribution in [0.2, 0.25) is 0 Å². The Morgan fingerprint density at radius 2 is 1.88 bits per heavy atom. The van der Waals surface area contributed by atoms with Crippen molar-refractivity contribution in [2.45, 2.75) is 26.3 Å². The first-order valence-corrected chi connectivity index (χ1v) is 7.95. The van der Waals surface area contributed by atoms with E-state index in [1.165, 1.54) is 6.33 Å². The maximum absolute atomic E-state index is 12.5. The molecule has 3 aromatic rings. The number of carbonyl (C=O) groups is 1. The molecule has 0 aliphatic carbocycles. The van der Waals surface area contributed by atoms with E-state index in [0.717, 1.165) is 16.8 Å². The summed E-state index contributed by atoms with van der Waals surface area (Å²) in [6, 6.07) is 15.4. The molecule has 0 aliphatic heterocycles. The molecule has 0 spiro atoms. The highest BCUT2D eigenvalue weighted by molar-refractivity contribution is 6.04. The number of nitrogens with zero attached hydrogens (tertiary/aromatic N) is 3. The normalized spacial score (nSPS) is 10.8. The van der Waals surface area contributed by atoms with Gasteiger partial charge in [-0.15, -0.1) is 0 Å². The number of rotatable bonds is 5. The Bertz CT molecular complexity index is 808. The van der Waals surface area contributed by atoms with Gasteiger partial charge in [0.1, 0.15) is 12.7 Å². The zero-order valence-electron chi connectivity index (χ0n) is 13.8. The molecule has 3 rings (SSSR count). The number of benzene rings is 2. The van der Waals surface area contributed by atoms with Crippen molar-refractivity contribution in [3.63, 3.8) is 0 Å². The van der Waals surface area contributed by atoms with Gasteiger partial charge >= 0.3 is 0 Å². The summed E-state index contributed by atoms with van der Waals surface area (Å²) in [6.45, 7) is 4.87. The van der Waals surface area contributed by atoms with Crippen molar-refractivity contribution in [3.8, 4) is 0 Å². The first-order valence-electron chi connectivity index (χ1n) is 7.95. The van der Waals surface area contributed by atoms with Gasteiger partial charge in [-0.25, -0.2) is 9.67 Å². The van der Waals surface area contributed by atoms with Gasteiger partial charge in [0, 0.05) is 11.3 Å². The summed E-state index contributed by atoms with van der Waals surface area (Å²) in [5.74, 6) is 0.252. The molecule has 0 atom stereocenters. The van der Waals surface area contributed by atoms with Crippen molar-refractivity contribution < 1.29 is 4.79 Å². The number of amides is 1. The summed E-state index contributed by atoms with van der Waals surface area (Å²) >= 11 is 0. The molecule has 0 aliphatic rings. The zero-order valence-corrected chi connectivity index (χ0v) is 13.8. The number of hydrogen-bond donors (Lipinski definition) is 1. The molecule has 1 aromatic heterocycles. The van der Waals surface area contributed by atoms with Crippen molar-refractivity contribution in [1.82, 2.24) is 14.8 Å². The van der Waals surface area contributed by atoms with E-state index < -0.39 is 0 Å². The van der Waals surface area contributed by atoms with Crippen LogP contribution < -0.4 is 5.32 Å². The number of hydrogen-bond acceptors (Lipinski definition) is 3. The second kappa shape index (κ2) is 7.08. The average Bonchev–Trinajstić information content (AvgIpc) is 3.09. The highest BCUT2D eigenvalue weighted by Gasteiger charge is 2.11. The quantitative estimate of drug-likeness (QED) is 0.780. The molecule has 1 heterocycles. The van der Waals surface area contributed by atoms with Gasteiger partial charge in [-0.1, -0.05) is 44.2 Å². The zero-order chi connectivity index (χ0) is 16.9. The Kier molecular flexibility index (Phi) is 4.70. The number of nitrogens with one attached hydrogen (secondary N) is 1. The van der Waals surface area contributed by atoms with E-state index in [1.54, 1.807) is 11.0 Å². The molecule has 5 heteroatoms. The highest BCUT2D eigenvalue weighted by Crippen LogP contribution is 2.24. The van der Waals surface area contributed by atoms with Crippen LogP contribution in [0.3, 0.4) is 0 Å². The van der Waals surface area contributed by atoms with E-state index >= 15 is 0 Å². The maximum Gasteiger partial charge on any atom is 0.255 e. The molecule has 0 bridgehead atoms. The van der Waals surface area contributed by atoms with Crippen LogP contribution in [0.1, 0.15) is 41.3 Å². The predicted octanol–water partition coefficient (Wildman–Crippen LogP) is 3.70. The van der Waals surface area contributed by atoms with Gasteiger partial charge in [0.25, 0.3) is 5.91 Å². The summed E-state index contributed by atoms with van der Waals surface area (Å²) < 4.78 is 1.74. The van der Waals surface area contributed by atoms with E-state index in [9.17, 15) is 4.79 Å². The van der Waals surface area contributed by atoms with Crippen molar-refractivity contribution >= 4 is 11.6 Å². The summed E-state index contributed by atoms with van der Waals surface area (Å²) in [7, 11) is 0. The van der Waals surface area contributed by atoms with Crippen LogP contribution in [-0.2, 0) is 6.54 Å². The lowest BCUT2D eigenvalue weighted by Gasteiger charge is -2.13. The van der Waals surface area contributed by atoms with Gasteiger partial charge in [-0.3, -0.25) is 4.79 Å². The van der Waals surface area contributed by atoms with Gasteiger partial charge in [0.15, 0.2) is 0 Å². The minimum atomic E-state index is -0.101. The molecule has 2 aromatic carbocycles. The fourth-order valence-electron chi connectivity index (χ4n) is 2.57. The fourth-order valence-corrected chi connectivity index (χ4v) is 2.57. The Balaban J connectivity index is 1.71. The van der Waals surface area contributed by atoms with Crippen molar-refractivity contribution in [2.24, 2.45) is 0 Å². The van der Waals surface area contributed by atoms with Crippen LogP contribution in [0, 0.1) is 0 Å². The lowest BCUT2D eigenvalue weighted by molar-refractivity contribution is 0.102. The largest absolute Gasteiger partial charge is 0.322 e. The van der Waals surface area contributed by atoms with Crippen molar-refractivity contribution in [1.29, 1.82) is 0 Å². The van der Waals surface area contributed by atoms with Crippen molar-refractivity contribution in [3.05, 3.63) is 77.9 Å². The molecule has 122 valence electrons. The van der Waals surface area contributed by atoms with E-state index in [0.29, 0.717) is 18.0 Å². The second-order valence-electron chi connectivity index (χ2n) is 5.99. The number of aromatic nitrogens is 3. The predicted molar refractivity (Wildman–Crippen MR) is 94.1 cm³/mol. The third-order valence-corrected chi connectivity index (χ3v) is 3.86. The smallest absolute Gasteiger partial charge is 0.255 e. The van der Waals surface area contributed by atoms with E-state index in [4.69, 9.17) is 0 Å².